The SMILES string of the molecule is Cc1oncc1C(=O)N1C[C@H]2CCCC(N(C)Cc3cccs3)[C@H]2C1. The maximum Gasteiger partial charge on any atom is 0.259 e. The van der Waals surface area contributed by atoms with Gasteiger partial charge >= 0.3 is 0 Å². The summed E-state index contributed by atoms with van der Waals surface area (Å²) in [5.74, 6) is 1.88. The molecule has 2 aromatic heterocycles. The maximum atomic E-state index is 12.8. The van der Waals surface area contributed by atoms with Gasteiger partial charge in [0.15, 0.2) is 0 Å². The Morgan fingerprint density at radius 1 is 1.44 bits per heavy atom. The number of hydrogen-bond donors (Lipinski definition) is 0. The van der Waals surface area contributed by atoms with Crippen LogP contribution in [0.2, 0.25) is 0 Å². The normalized spacial score (nSPS) is 26.2. The molecule has 0 bridgehead atoms. The average molecular weight is 359 g/mol. The number of hydrogen-bond acceptors (Lipinski definition) is 5. The Kier molecular flexibility index (Phi) is 4.65. The fraction of sp³-hybridized carbons (Fsp3) is 0.579. The third-order valence-electron chi connectivity index (χ3n) is 5.88. The number of amides is 1. The van der Waals surface area contributed by atoms with Crippen molar-refractivity contribution in [2.75, 3.05) is 20.1 Å². The van der Waals surface area contributed by atoms with Gasteiger partial charge in [0.25, 0.3) is 5.91 Å². The van der Waals surface area contributed by atoms with Crippen molar-refractivity contribution in [1.82, 2.24) is 15.0 Å². The molecular formula is C19H25N3O2S. The third kappa shape index (κ3) is 3.25. The summed E-state index contributed by atoms with van der Waals surface area (Å²) in [5, 5.41) is 5.90. The van der Waals surface area contributed by atoms with Crippen molar-refractivity contribution in [1.29, 1.82) is 0 Å². The molecule has 1 amide bonds. The molecule has 0 radical (unpaired) electrons. The van der Waals surface area contributed by atoms with Crippen LogP contribution in [0.1, 0.15) is 40.3 Å². The number of aromatic nitrogens is 1. The predicted octanol–water partition coefficient (Wildman–Crippen LogP) is 3.42. The zero-order valence-electron chi connectivity index (χ0n) is 14.9. The van der Waals surface area contributed by atoms with E-state index in [4.69, 9.17) is 4.52 Å². The third-order valence-corrected chi connectivity index (χ3v) is 6.74. The number of thiophene rings is 1. The molecule has 2 aromatic rings. The highest BCUT2D eigenvalue weighted by atomic mass is 32.1. The molecule has 3 atom stereocenters. The Labute approximate surface area is 152 Å². The molecule has 25 heavy (non-hydrogen) atoms. The van der Waals surface area contributed by atoms with E-state index in [0.717, 1.165) is 19.6 Å². The van der Waals surface area contributed by atoms with Crippen LogP contribution in [-0.4, -0.2) is 47.0 Å². The summed E-state index contributed by atoms with van der Waals surface area (Å²) in [5.41, 5.74) is 0.613. The maximum absolute atomic E-state index is 12.8. The number of likely N-dealkylation sites (tertiary alicyclic amines) is 1. The van der Waals surface area contributed by atoms with Gasteiger partial charge in [0, 0.05) is 30.6 Å². The molecule has 1 aliphatic carbocycles. The number of aryl methyl sites for hydroxylation is 1. The van der Waals surface area contributed by atoms with E-state index in [1.807, 2.05) is 16.2 Å². The van der Waals surface area contributed by atoms with Gasteiger partial charge in [-0.25, -0.2) is 0 Å². The molecule has 4 rings (SSSR count). The van der Waals surface area contributed by atoms with Crippen LogP contribution in [-0.2, 0) is 6.54 Å². The summed E-state index contributed by atoms with van der Waals surface area (Å²) in [6.45, 7) is 4.54. The summed E-state index contributed by atoms with van der Waals surface area (Å²) >= 11 is 1.82. The van der Waals surface area contributed by atoms with Gasteiger partial charge in [-0.3, -0.25) is 9.69 Å². The van der Waals surface area contributed by atoms with E-state index >= 15 is 0 Å². The lowest BCUT2D eigenvalue weighted by Gasteiger charge is -2.38. The molecule has 1 saturated carbocycles. The van der Waals surface area contributed by atoms with Crippen LogP contribution >= 0.6 is 11.3 Å². The van der Waals surface area contributed by atoms with Crippen molar-refractivity contribution in [3.8, 4) is 0 Å². The standard InChI is InChI=1S/C19H25N3O2S/c1-13-16(9-20-24-13)19(23)22-10-14-5-3-7-18(17(14)12-22)21(2)11-15-6-4-8-25-15/h4,6,8-9,14,17-18H,3,5,7,10-12H2,1-2H3/t14-,17+,18?/m1/s1. The largest absolute Gasteiger partial charge is 0.361 e. The quantitative estimate of drug-likeness (QED) is 0.839. The van der Waals surface area contributed by atoms with E-state index < -0.39 is 0 Å². The average Bonchev–Trinajstić information content (AvgIpc) is 3.33. The fourth-order valence-electron chi connectivity index (χ4n) is 4.59. The number of carbonyl (C=O) groups excluding carboxylic acids is 1. The Hall–Kier alpha value is -1.66. The van der Waals surface area contributed by atoms with E-state index in [9.17, 15) is 4.79 Å². The van der Waals surface area contributed by atoms with E-state index in [-0.39, 0.29) is 5.91 Å². The van der Waals surface area contributed by atoms with Crippen molar-refractivity contribution < 1.29 is 9.32 Å². The van der Waals surface area contributed by atoms with Crippen molar-refractivity contribution in [2.24, 2.45) is 11.8 Å². The highest BCUT2D eigenvalue weighted by molar-refractivity contribution is 7.09. The number of fused-ring (bicyclic) bond motifs is 1. The van der Waals surface area contributed by atoms with Gasteiger partial charge < -0.3 is 9.42 Å². The van der Waals surface area contributed by atoms with Crippen LogP contribution in [0.5, 0.6) is 0 Å². The highest BCUT2D eigenvalue weighted by Gasteiger charge is 2.43. The summed E-state index contributed by atoms with van der Waals surface area (Å²) < 4.78 is 5.08. The molecule has 2 aliphatic rings. The molecule has 1 saturated heterocycles. The molecule has 3 heterocycles. The van der Waals surface area contributed by atoms with E-state index in [1.54, 1.807) is 13.1 Å². The first-order chi connectivity index (χ1) is 12.1. The second-order valence-electron chi connectivity index (χ2n) is 7.42. The topological polar surface area (TPSA) is 49.6 Å². The molecule has 1 unspecified atom stereocenters. The summed E-state index contributed by atoms with van der Waals surface area (Å²) in [4.78, 5) is 18.8. The monoisotopic (exact) mass is 359 g/mol. The van der Waals surface area contributed by atoms with Gasteiger partial charge in [0.05, 0.1) is 6.20 Å². The first kappa shape index (κ1) is 16.8. The summed E-state index contributed by atoms with van der Waals surface area (Å²) in [7, 11) is 2.24. The first-order valence-corrected chi connectivity index (χ1v) is 9.94. The molecule has 0 N–H and O–H groups in total. The predicted molar refractivity (Wildman–Crippen MR) is 97.5 cm³/mol. The Balaban J connectivity index is 1.46. The van der Waals surface area contributed by atoms with Crippen LogP contribution in [0.25, 0.3) is 0 Å². The zero-order chi connectivity index (χ0) is 17.4. The van der Waals surface area contributed by atoms with Crippen LogP contribution in [0.3, 0.4) is 0 Å². The zero-order valence-corrected chi connectivity index (χ0v) is 15.7. The van der Waals surface area contributed by atoms with Gasteiger partial charge in [0.1, 0.15) is 11.3 Å². The molecule has 6 heteroatoms. The molecule has 2 fully saturated rings. The van der Waals surface area contributed by atoms with Crippen LogP contribution in [0.4, 0.5) is 0 Å². The Morgan fingerprint density at radius 2 is 2.32 bits per heavy atom. The molecule has 1 aliphatic heterocycles. The minimum Gasteiger partial charge on any atom is -0.361 e. The molecule has 0 spiro atoms. The van der Waals surface area contributed by atoms with Crippen molar-refractivity contribution in [3.63, 3.8) is 0 Å². The van der Waals surface area contributed by atoms with Crippen LogP contribution < -0.4 is 0 Å². The van der Waals surface area contributed by atoms with Gasteiger partial charge in [0.2, 0.25) is 0 Å². The number of carbonyl (C=O) groups is 1. The molecule has 5 nitrogen and oxygen atoms in total. The van der Waals surface area contributed by atoms with E-state index in [1.165, 1.54) is 24.1 Å². The summed E-state index contributed by atoms with van der Waals surface area (Å²) in [6, 6.07) is 4.89. The Bertz CT molecular complexity index is 727. The molecule has 0 aromatic carbocycles. The minimum atomic E-state index is 0.0767. The second-order valence-corrected chi connectivity index (χ2v) is 8.45. The number of nitrogens with zero attached hydrogens (tertiary/aromatic N) is 3. The fourth-order valence-corrected chi connectivity index (χ4v) is 5.36. The summed E-state index contributed by atoms with van der Waals surface area (Å²) in [6.07, 6.45) is 5.28. The Morgan fingerprint density at radius 3 is 3.04 bits per heavy atom. The number of rotatable bonds is 4. The lowest BCUT2D eigenvalue weighted by Crippen LogP contribution is -2.43. The van der Waals surface area contributed by atoms with Gasteiger partial charge in [-0.15, -0.1) is 11.3 Å². The van der Waals surface area contributed by atoms with Gasteiger partial charge in [-0.2, -0.15) is 0 Å². The lowest BCUT2D eigenvalue weighted by molar-refractivity contribution is 0.0769. The van der Waals surface area contributed by atoms with Crippen molar-refractivity contribution in [3.05, 3.63) is 39.9 Å². The van der Waals surface area contributed by atoms with Crippen molar-refractivity contribution in [2.45, 2.75) is 38.8 Å². The van der Waals surface area contributed by atoms with E-state index in [0.29, 0.717) is 29.2 Å². The molecular weight excluding hydrogens is 334 g/mol. The first-order valence-electron chi connectivity index (χ1n) is 9.06. The second kappa shape index (κ2) is 6.92. The van der Waals surface area contributed by atoms with Crippen LogP contribution in [0, 0.1) is 18.8 Å². The van der Waals surface area contributed by atoms with Crippen molar-refractivity contribution >= 4 is 17.2 Å². The van der Waals surface area contributed by atoms with Gasteiger partial charge in [-0.05, 0) is 50.1 Å². The van der Waals surface area contributed by atoms with E-state index in [2.05, 4.69) is 34.6 Å². The van der Waals surface area contributed by atoms with Gasteiger partial charge in [-0.1, -0.05) is 17.6 Å². The lowest BCUT2D eigenvalue weighted by atomic mass is 9.77. The highest BCUT2D eigenvalue weighted by Crippen LogP contribution is 2.39. The smallest absolute Gasteiger partial charge is 0.259 e. The van der Waals surface area contributed by atoms with Crippen LogP contribution in [0.15, 0.2) is 28.2 Å². The minimum absolute atomic E-state index is 0.0767. The molecule has 134 valence electrons.